The molecule has 3 aromatic carbocycles. The Labute approximate surface area is 372 Å². The van der Waals surface area contributed by atoms with E-state index in [-0.39, 0.29) is 23.4 Å². The molecule has 0 bridgehead atoms. The highest BCUT2D eigenvalue weighted by molar-refractivity contribution is 7.92. The molecule has 1 aliphatic carbocycles. The van der Waals surface area contributed by atoms with Gasteiger partial charge >= 0.3 is 5.76 Å². The minimum absolute atomic E-state index is 0.0204. The van der Waals surface area contributed by atoms with Crippen LogP contribution in [0.5, 0.6) is 0 Å². The Balaban J connectivity index is 1.05. The SMILES string of the molecule is Cc1cc(-n2nc3c(c2-n2ccn(-c4ccc5c(c4)NS(=O)(=O)CC5)c2=S)[C@H](C)N(C(=O)c2cc4cc(C5CCOCC5)ccc4n2[C@@]2(c4noc(=O)[nH]4)C[C@@H]2C)CC3)cc(C)c1F. The zero-order valence-corrected chi connectivity index (χ0v) is 37.4. The topological polar surface area (TPSA) is 167 Å². The second-order valence-corrected chi connectivity index (χ2v) is 20.0. The summed E-state index contributed by atoms with van der Waals surface area (Å²) in [6, 6.07) is 17.0. The number of aryl methyl sites for hydroxylation is 3. The molecule has 0 unspecified atom stereocenters. The van der Waals surface area contributed by atoms with E-state index in [0.29, 0.717) is 95.2 Å². The van der Waals surface area contributed by atoms with Gasteiger partial charge in [-0.25, -0.2) is 22.3 Å². The lowest BCUT2D eigenvalue weighted by Crippen LogP contribution is -2.41. The molecule has 15 nitrogen and oxygen atoms in total. The first-order valence-corrected chi connectivity index (χ1v) is 23.7. The van der Waals surface area contributed by atoms with E-state index in [0.717, 1.165) is 40.6 Å². The van der Waals surface area contributed by atoms with Gasteiger partial charge in [-0.05, 0) is 135 Å². The highest BCUT2D eigenvalue weighted by Crippen LogP contribution is 2.56. The Kier molecular flexibility index (Phi) is 9.35. The maximum absolute atomic E-state index is 15.5. The first-order valence-electron chi connectivity index (χ1n) is 21.7. The molecule has 1 amide bonds. The van der Waals surface area contributed by atoms with Gasteiger partial charge in [0.15, 0.2) is 10.6 Å². The van der Waals surface area contributed by atoms with Crippen LogP contribution in [0.3, 0.4) is 0 Å². The van der Waals surface area contributed by atoms with Crippen molar-refractivity contribution in [1.82, 2.24) is 38.5 Å². The number of anilines is 1. The number of nitrogens with zero attached hydrogens (tertiary/aromatic N) is 7. The molecule has 0 radical (unpaired) electrons. The van der Waals surface area contributed by atoms with E-state index < -0.39 is 27.4 Å². The van der Waals surface area contributed by atoms with Gasteiger partial charge in [-0.1, -0.05) is 24.2 Å². The van der Waals surface area contributed by atoms with Crippen LogP contribution in [0.2, 0.25) is 0 Å². The second kappa shape index (κ2) is 14.7. The van der Waals surface area contributed by atoms with Crippen LogP contribution in [0, 0.1) is 30.4 Å². The van der Waals surface area contributed by atoms with E-state index in [1.165, 1.54) is 5.56 Å². The van der Waals surface area contributed by atoms with Crippen LogP contribution in [0.25, 0.3) is 28.1 Å². The molecule has 64 heavy (non-hydrogen) atoms. The number of carbonyl (C=O) groups excluding carboxylic acids is 1. The van der Waals surface area contributed by atoms with Crippen LogP contribution in [-0.4, -0.2) is 78.4 Å². The molecule has 2 N–H and O–H groups in total. The number of aromatic amines is 1. The number of hydrogen-bond donors (Lipinski definition) is 2. The molecule has 7 aromatic rings. The van der Waals surface area contributed by atoms with E-state index in [4.69, 9.17) is 26.6 Å². The Morgan fingerprint density at radius 1 is 0.969 bits per heavy atom. The van der Waals surface area contributed by atoms with Crippen molar-refractivity contribution in [2.24, 2.45) is 5.92 Å². The zero-order valence-electron chi connectivity index (χ0n) is 35.7. The number of rotatable bonds is 7. The Morgan fingerprint density at radius 3 is 2.44 bits per heavy atom. The molecule has 4 aromatic heterocycles. The molecule has 11 rings (SSSR count). The Morgan fingerprint density at radius 2 is 1.72 bits per heavy atom. The van der Waals surface area contributed by atoms with Gasteiger partial charge in [0, 0.05) is 60.7 Å². The maximum Gasteiger partial charge on any atom is 0.438 e. The summed E-state index contributed by atoms with van der Waals surface area (Å²) in [7, 11) is -3.46. The molecular formula is C46H46FN9O6S2. The molecule has 18 heteroatoms. The number of halogens is 1. The number of aromatic nitrogens is 7. The van der Waals surface area contributed by atoms with E-state index in [1.807, 2.05) is 47.0 Å². The molecule has 330 valence electrons. The standard InChI is InChI=1S/C46H46FN9O6S2/c1-25-19-34(20-26(2)40(25)47)56-41(54-15-14-53(45(54)63)33-7-5-30-12-18-64(59,60)51-36(30)23-33)39-28(4)52(13-9-35(39)49-56)42(57)38-22-32-21-31(29-10-16-61-17-11-29)6-8-37(32)55(38)46(24-27(46)3)43-48-44(58)62-50-43/h5-8,14-15,19-23,27-29,51H,9-13,16-18,24H2,1-4H3,(H,48,50,58)/t27-,28-,46-/m0/s1. The summed E-state index contributed by atoms with van der Waals surface area (Å²) in [6.45, 7) is 9.28. The maximum atomic E-state index is 15.5. The molecule has 1 saturated heterocycles. The minimum atomic E-state index is -3.46. The van der Waals surface area contributed by atoms with Crippen LogP contribution in [0.4, 0.5) is 10.1 Å². The third kappa shape index (κ3) is 6.35. The van der Waals surface area contributed by atoms with Gasteiger partial charge in [-0.2, -0.15) is 5.10 Å². The van der Waals surface area contributed by atoms with Crippen molar-refractivity contribution < 1.29 is 26.9 Å². The Hall–Kier alpha value is -6.11. The predicted octanol–water partition coefficient (Wildman–Crippen LogP) is 7.30. The molecule has 7 heterocycles. The predicted molar refractivity (Wildman–Crippen MR) is 239 cm³/mol. The van der Waals surface area contributed by atoms with Gasteiger partial charge in [0.25, 0.3) is 5.91 Å². The zero-order chi connectivity index (χ0) is 44.4. The van der Waals surface area contributed by atoms with Crippen molar-refractivity contribution in [3.8, 4) is 17.2 Å². The van der Waals surface area contributed by atoms with Gasteiger partial charge in [-0.3, -0.25) is 28.2 Å². The summed E-state index contributed by atoms with van der Waals surface area (Å²) in [4.78, 5) is 32.6. The van der Waals surface area contributed by atoms with E-state index in [9.17, 15) is 13.2 Å². The number of ether oxygens (including phenoxy) is 1. The first-order chi connectivity index (χ1) is 30.7. The summed E-state index contributed by atoms with van der Waals surface area (Å²) < 4.78 is 61.4. The smallest absolute Gasteiger partial charge is 0.381 e. The quantitative estimate of drug-likeness (QED) is 0.156. The number of amides is 1. The highest BCUT2D eigenvalue weighted by Gasteiger charge is 2.59. The van der Waals surface area contributed by atoms with Crippen molar-refractivity contribution in [2.75, 3.05) is 30.2 Å². The largest absolute Gasteiger partial charge is 0.438 e. The number of nitrogens with one attached hydrogen (secondary N) is 2. The third-order valence-electron chi connectivity index (χ3n) is 13.9. The fraction of sp³-hybridized carbons (Fsp3) is 0.370. The molecule has 3 aliphatic heterocycles. The molecule has 0 spiro atoms. The number of imidazole rings is 1. The van der Waals surface area contributed by atoms with Crippen LogP contribution >= 0.6 is 12.2 Å². The summed E-state index contributed by atoms with van der Waals surface area (Å²) in [5.41, 5.74) is 6.88. The van der Waals surface area contributed by atoms with E-state index >= 15 is 9.18 Å². The summed E-state index contributed by atoms with van der Waals surface area (Å²) >= 11 is 6.21. The van der Waals surface area contributed by atoms with Crippen LogP contribution in [-0.2, 0) is 33.1 Å². The molecule has 2 fully saturated rings. The average Bonchev–Trinajstić information content (AvgIpc) is 3.77. The Bertz CT molecular complexity index is 3290. The third-order valence-corrected chi connectivity index (χ3v) is 15.6. The number of sulfonamides is 1. The summed E-state index contributed by atoms with van der Waals surface area (Å²) in [5.74, 6) is 0.215. The molecule has 1 saturated carbocycles. The summed E-state index contributed by atoms with van der Waals surface area (Å²) in [6.07, 6.45) is 6.96. The highest BCUT2D eigenvalue weighted by atomic mass is 32.2. The fourth-order valence-corrected chi connectivity index (χ4v) is 11.9. The van der Waals surface area contributed by atoms with Crippen molar-refractivity contribution in [3.63, 3.8) is 0 Å². The second-order valence-electron chi connectivity index (χ2n) is 17.8. The van der Waals surface area contributed by atoms with Gasteiger partial charge in [0.1, 0.15) is 22.9 Å². The van der Waals surface area contributed by atoms with Crippen molar-refractivity contribution in [3.05, 3.63) is 133 Å². The lowest BCUT2D eigenvalue weighted by molar-refractivity contribution is 0.0663. The number of hydrogen-bond acceptors (Lipinski definition) is 9. The first kappa shape index (κ1) is 40.7. The van der Waals surface area contributed by atoms with Crippen LogP contribution < -0.4 is 10.5 Å². The number of H-pyrrole nitrogens is 1. The van der Waals surface area contributed by atoms with Crippen molar-refractivity contribution >= 4 is 44.7 Å². The van der Waals surface area contributed by atoms with Crippen LogP contribution in [0.15, 0.2) is 76.3 Å². The monoisotopic (exact) mass is 903 g/mol. The van der Waals surface area contributed by atoms with Gasteiger partial charge in [-0.15, -0.1) is 0 Å². The average molecular weight is 904 g/mol. The normalized spacial score (nSPS) is 21.7. The number of fused-ring (bicyclic) bond motifs is 3. The van der Waals surface area contributed by atoms with Gasteiger partial charge in [0.2, 0.25) is 10.0 Å². The molecule has 3 atom stereocenters. The fourth-order valence-electron chi connectivity index (χ4n) is 10.4. The van der Waals surface area contributed by atoms with Gasteiger partial charge in [0.05, 0.1) is 28.9 Å². The number of carbonyl (C=O) groups is 1. The van der Waals surface area contributed by atoms with Crippen molar-refractivity contribution in [1.29, 1.82) is 0 Å². The lowest BCUT2D eigenvalue weighted by Gasteiger charge is -2.34. The molecular weight excluding hydrogens is 858 g/mol. The van der Waals surface area contributed by atoms with Crippen molar-refractivity contribution in [2.45, 2.75) is 77.3 Å². The van der Waals surface area contributed by atoms with E-state index in [2.05, 4.69) is 44.6 Å². The molecule has 4 aliphatic rings. The van der Waals surface area contributed by atoms with Crippen LogP contribution in [0.1, 0.15) is 94.9 Å². The lowest BCUT2D eigenvalue weighted by atomic mass is 9.91. The van der Waals surface area contributed by atoms with E-state index in [1.54, 1.807) is 41.3 Å². The number of benzene rings is 3. The van der Waals surface area contributed by atoms with Gasteiger partial charge < -0.3 is 14.2 Å². The summed E-state index contributed by atoms with van der Waals surface area (Å²) in [5, 5.41) is 10.3. The minimum Gasteiger partial charge on any atom is -0.381 e.